The second-order valence-corrected chi connectivity index (χ2v) is 6.29. The van der Waals surface area contributed by atoms with Crippen LogP contribution in [0.15, 0.2) is 0 Å². The summed E-state index contributed by atoms with van der Waals surface area (Å²) in [5.41, 5.74) is 0. The van der Waals surface area contributed by atoms with E-state index < -0.39 is 12.0 Å². The Bertz CT molecular complexity index is 446. The van der Waals surface area contributed by atoms with Gasteiger partial charge in [-0.2, -0.15) is 4.37 Å². The molecule has 0 radical (unpaired) electrons. The number of methoxy groups -OCH3 is 1. The summed E-state index contributed by atoms with van der Waals surface area (Å²) in [5.74, 6) is 0.397. The smallest absolute Gasteiger partial charge is 0.326 e. The lowest BCUT2D eigenvalue weighted by atomic mass is 9.85. The molecule has 2 N–H and O–H groups in total. The van der Waals surface area contributed by atoms with E-state index in [0.717, 1.165) is 12.8 Å². The molecule has 1 heterocycles. The molecule has 1 aliphatic rings. The lowest BCUT2D eigenvalue weighted by Crippen LogP contribution is -2.32. The molecule has 0 spiro atoms. The van der Waals surface area contributed by atoms with E-state index in [0.29, 0.717) is 36.3 Å². The van der Waals surface area contributed by atoms with Crippen LogP contribution in [-0.4, -0.2) is 40.2 Å². The number of aliphatic carboxylic acids is 1. The van der Waals surface area contributed by atoms with Gasteiger partial charge in [0.25, 0.3) is 0 Å². The third-order valence-corrected chi connectivity index (χ3v) is 4.57. The minimum Gasteiger partial charge on any atom is -0.480 e. The highest BCUT2D eigenvalue weighted by atomic mass is 32.1. The fraction of sp³-hybridized carbons (Fsp3) is 0.786. The fourth-order valence-electron chi connectivity index (χ4n) is 2.73. The molecule has 21 heavy (non-hydrogen) atoms. The fourth-order valence-corrected chi connectivity index (χ4v) is 3.40. The van der Waals surface area contributed by atoms with Crippen molar-refractivity contribution in [3.05, 3.63) is 5.82 Å². The molecule has 0 bridgehead atoms. The molecule has 1 atom stereocenters. The summed E-state index contributed by atoms with van der Waals surface area (Å²) in [5, 5.41) is 13.0. The summed E-state index contributed by atoms with van der Waals surface area (Å²) in [4.78, 5) is 15.7. The van der Waals surface area contributed by atoms with Gasteiger partial charge in [0.15, 0.2) is 0 Å². The number of carboxylic acid groups (broad SMARTS) is 1. The Hall–Kier alpha value is -1.21. The minimum absolute atomic E-state index is 0.508. The van der Waals surface area contributed by atoms with Gasteiger partial charge in [0.1, 0.15) is 11.9 Å². The zero-order valence-corrected chi connectivity index (χ0v) is 13.2. The van der Waals surface area contributed by atoms with Gasteiger partial charge in [-0.3, -0.25) is 0 Å². The first kappa shape index (κ1) is 16.2. The van der Waals surface area contributed by atoms with Gasteiger partial charge in [-0.05, 0) is 12.3 Å². The third-order valence-electron chi connectivity index (χ3n) is 3.89. The first-order valence-electron chi connectivity index (χ1n) is 7.50. The SMILES string of the molecule is COCCc1nsc(NC(CC2CCCCC2)C(=O)O)n1. The molecule has 0 aliphatic heterocycles. The van der Waals surface area contributed by atoms with Crippen molar-refractivity contribution in [2.75, 3.05) is 19.0 Å². The van der Waals surface area contributed by atoms with Gasteiger partial charge in [0, 0.05) is 25.1 Å². The van der Waals surface area contributed by atoms with Crippen LogP contribution < -0.4 is 5.32 Å². The Labute approximate surface area is 129 Å². The molecular weight excluding hydrogens is 290 g/mol. The molecule has 118 valence electrons. The van der Waals surface area contributed by atoms with E-state index in [1.54, 1.807) is 7.11 Å². The first-order chi connectivity index (χ1) is 10.2. The Morgan fingerprint density at radius 2 is 2.24 bits per heavy atom. The van der Waals surface area contributed by atoms with E-state index in [-0.39, 0.29) is 0 Å². The molecule has 1 fully saturated rings. The topological polar surface area (TPSA) is 84.3 Å². The lowest BCUT2D eigenvalue weighted by Gasteiger charge is -2.24. The van der Waals surface area contributed by atoms with Gasteiger partial charge in [-0.1, -0.05) is 32.1 Å². The van der Waals surface area contributed by atoms with Crippen LogP contribution in [0.25, 0.3) is 0 Å². The average Bonchev–Trinajstić information content (AvgIpc) is 2.93. The molecule has 6 nitrogen and oxygen atoms in total. The highest BCUT2D eigenvalue weighted by Crippen LogP contribution is 2.28. The van der Waals surface area contributed by atoms with Crippen molar-refractivity contribution in [2.45, 2.75) is 51.0 Å². The standard InChI is InChI=1S/C14H23N3O3S/c1-20-8-7-12-16-14(21-17-12)15-11(13(18)19)9-10-5-3-2-4-6-10/h10-11H,2-9H2,1H3,(H,18,19)(H,15,16,17). The Balaban J connectivity index is 1.89. The Kier molecular flexibility index (Phi) is 6.38. The molecule has 0 saturated heterocycles. The van der Waals surface area contributed by atoms with E-state index in [1.807, 2.05) is 0 Å². The van der Waals surface area contributed by atoms with E-state index in [4.69, 9.17) is 4.74 Å². The van der Waals surface area contributed by atoms with Crippen LogP contribution in [0.2, 0.25) is 0 Å². The average molecular weight is 313 g/mol. The van der Waals surface area contributed by atoms with Crippen molar-refractivity contribution in [1.82, 2.24) is 9.36 Å². The number of anilines is 1. The Morgan fingerprint density at radius 1 is 1.48 bits per heavy atom. The normalized spacial score (nSPS) is 17.6. The number of hydrogen-bond acceptors (Lipinski definition) is 6. The van der Waals surface area contributed by atoms with Crippen LogP contribution >= 0.6 is 11.5 Å². The van der Waals surface area contributed by atoms with Crippen molar-refractivity contribution in [1.29, 1.82) is 0 Å². The number of carbonyl (C=O) groups is 1. The second-order valence-electron chi connectivity index (χ2n) is 5.53. The van der Waals surface area contributed by atoms with E-state index in [1.165, 1.54) is 30.8 Å². The van der Waals surface area contributed by atoms with Crippen molar-refractivity contribution in [3.63, 3.8) is 0 Å². The number of hydrogen-bond donors (Lipinski definition) is 2. The van der Waals surface area contributed by atoms with E-state index >= 15 is 0 Å². The van der Waals surface area contributed by atoms with Crippen LogP contribution in [-0.2, 0) is 16.0 Å². The van der Waals surface area contributed by atoms with Crippen LogP contribution in [0, 0.1) is 5.92 Å². The maximum Gasteiger partial charge on any atom is 0.326 e. The summed E-state index contributed by atoms with van der Waals surface area (Å²) in [6.07, 6.45) is 7.31. The van der Waals surface area contributed by atoms with Crippen LogP contribution in [0.3, 0.4) is 0 Å². The highest BCUT2D eigenvalue weighted by molar-refractivity contribution is 7.09. The van der Waals surface area contributed by atoms with Gasteiger partial charge in [-0.15, -0.1) is 0 Å². The zero-order chi connectivity index (χ0) is 15.1. The van der Waals surface area contributed by atoms with Crippen LogP contribution in [0.1, 0.15) is 44.3 Å². The van der Waals surface area contributed by atoms with E-state index in [2.05, 4.69) is 14.7 Å². The van der Waals surface area contributed by atoms with Crippen molar-refractivity contribution in [2.24, 2.45) is 5.92 Å². The zero-order valence-electron chi connectivity index (χ0n) is 12.4. The van der Waals surface area contributed by atoms with Gasteiger partial charge in [0.05, 0.1) is 6.61 Å². The van der Waals surface area contributed by atoms with Crippen molar-refractivity contribution >= 4 is 22.6 Å². The molecule has 1 aliphatic carbocycles. The summed E-state index contributed by atoms with van der Waals surface area (Å²) < 4.78 is 9.19. The quantitative estimate of drug-likeness (QED) is 0.767. The molecule has 0 aromatic carbocycles. The molecule has 7 heteroatoms. The third kappa shape index (κ3) is 5.24. The first-order valence-corrected chi connectivity index (χ1v) is 8.27. The van der Waals surface area contributed by atoms with Crippen LogP contribution in [0.4, 0.5) is 5.13 Å². The lowest BCUT2D eigenvalue weighted by molar-refractivity contribution is -0.138. The van der Waals surface area contributed by atoms with Gasteiger partial charge < -0.3 is 15.2 Å². The molecule has 2 rings (SSSR count). The maximum absolute atomic E-state index is 11.4. The Morgan fingerprint density at radius 3 is 2.90 bits per heavy atom. The highest BCUT2D eigenvalue weighted by Gasteiger charge is 2.24. The predicted molar refractivity (Wildman–Crippen MR) is 81.7 cm³/mol. The van der Waals surface area contributed by atoms with Crippen molar-refractivity contribution < 1.29 is 14.6 Å². The number of ether oxygens (including phenoxy) is 1. The summed E-state index contributed by atoms with van der Waals surface area (Å²) in [6.45, 7) is 0.570. The molecule has 1 aromatic rings. The van der Waals surface area contributed by atoms with Gasteiger partial charge >= 0.3 is 5.97 Å². The summed E-state index contributed by atoms with van der Waals surface area (Å²) in [7, 11) is 1.64. The van der Waals surface area contributed by atoms with Gasteiger partial charge in [-0.25, -0.2) is 9.78 Å². The largest absolute Gasteiger partial charge is 0.480 e. The molecule has 1 saturated carbocycles. The number of carboxylic acids is 1. The van der Waals surface area contributed by atoms with E-state index in [9.17, 15) is 9.90 Å². The molecule has 1 unspecified atom stereocenters. The predicted octanol–water partition coefficient (Wildman–Crippen LogP) is 2.56. The van der Waals surface area contributed by atoms with Crippen molar-refractivity contribution in [3.8, 4) is 0 Å². The molecule has 0 amide bonds. The second kappa shape index (κ2) is 8.29. The molecule has 1 aromatic heterocycles. The number of nitrogens with zero attached hydrogens (tertiary/aromatic N) is 2. The minimum atomic E-state index is -0.811. The maximum atomic E-state index is 11.4. The monoisotopic (exact) mass is 313 g/mol. The number of nitrogens with one attached hydrogen (secondary N) is 1. The number of aromatic nitrogens is 2. The van der Waals surface area contributed by atoms with Crippen LogP contribution in [0.5, 0.6) is 0 Å². The number of rotatable bonds is 8. The summed E-state index contributed by atoms with van der Waals surface area (Å²) in [6, 6.07) is -0.573. The summed E-state index contributed by atoms with van der Waals surface area (Å²) >= 11 is 1.22. The molecular formula is C14H23N3O3S. The van der Waals surface area contributed by atoms with Gasteiger partial charge in [0.2, 0.25) is 5.13 Å².